The minimum Gasteiger partial charge on any atom is -0.461 e. The number of amides is 1. The van der Waals surface area contributed by atoms with Crippen molar-refractivity contribution in [1.82, 2.24) is 0 Å². The van der Waals surface area contributed by atoms with Crippen LogP contribution in [0.1, 0.15) is 25.3 Å². The Balaban J connectivity index is 2.19. The zero-order valence-electron chi connectivity index (χ0n) is 11.1. The number of carbonyl (C=O) groups excluding carboxylic acids is 2. The summed E-state index contributed by atoms with van der Waals surface area (Å²) in [6.45, 7) is 1.96. The topological polar surface area (TPSA) is 46.6 Å². The molecule has 0 unspecified atom stereocenters. The summed E-state index contributed by atoms with van der Waals surface area (Å²) >= 11 is 0. The van der Waals surface area contributed by atoms with Gasteiger partial charge in [0.25, 0.3) is 0 Å². The van der Waals surface area contributed by atoms with Gasteiger partial charge >= 0.3 is 11.9 Å². The van der Waals surface area contributed by atoms with Crippen molar-refractivity contribution in [2.45, 2.75) is 25.7 Å². The lowest BCUT2D eigenvalue weighted by atomic mass is 10.1. The van der Waals surface area contributed by atoms with Crippen LogP contribution in [0.3, 0.4) is 0 Å². The average molecular weight is 283 g/mol. The summed E-state index contributed by atoms with van der Waals surface area (Å²) in [6, 6.07) is 5.15. The molecule has 1 aromatic carbocycles. The predicted octanol–water partition coefficient (Wildman–Crippen LogP) is 2.47. The van der Waals surface area contributed by atoms with Crippen molar-refractivity contribution in [3.8, 4) is 0 Å². The average Bonchev–Trinajstić information content (AvgIpc) is 2.85. The van der Waals surface area contributed by atoms with Gasteiger partial charge in [0, 0.05) is 24.2 Å². The minimum atomic E-state index is -3.68. The molecule has 1 amide bonds. The van der Waals surface area contributed by atoms with Gasteiger partial charge in [-0.3, -0.25) is 4.79 Å². The molecule has 0 aliphatic carbocycles. The molecule has 0 spiro atoms. The number of halogens is 2. The fourth-order valence-corrected chi connectivity index (χ4v) is 2.11. The predicted molar refractivity (Wildman–Crippen MR) is 68.6 cm³/mol. The number of hydrogen-bond acceptors (Lipinski definition) is 3. The van der Waals surface area contributed by atoms with Gasteiger partial charge in [-0.25, -0.2) is 4.79 Å². The molecule has 2 rings (SSSR count). The third-order valence-corrected chi connectivity index (χ3v) is 3.15. The summed E-state index contributed by atoms with van der Waals surface area (Å²) in [5.41, 5.74) is 0.127. The molecule has 4 nitrogen and oxygen atoms in total. The van der Waals surface area contributed by atoms with Gasteiger partial charge in [0.05, 0.1) is 6.61 Å². The van der Waals surface area contributed by atoms with Gasteiger partial charge in [0.1, 0.15) is 0 Å². The van der Waals surface area contributed by atoms with Crippen molar-refractivity contribution in [1.29, 1.82) is 0 Å². The summed E-state index contributed by atoms with van der Waals surface area (Å²) in [5.74, 6) is -5.26. The Hall–Kier alpha value is -1.98. The van der Waals surface area contributed by atoms with Crippen molar-refractivity contribution in [3.05, 3.63) is 29.8 Å². The van der Waals surface area contributed by atoms with Crippen LogP contribution in [0.5, 0.6) is 0 Å². The normalized spacial score (nSPS) is 15.6. The number of anilines is 1. The number of carbonyl (C=O) groups is 2. The van der Waals surface area contributed by atoms with E-state index in [1.54, 1.807) is 4.90 Å². The first kappa shape index (κ1) is 14.4. The first-order chi connectivity index (χ1) is 9.46. The first-order valence-electron chi connectivity index (χ1n) is 6.42. The van der Waals surface area contributed by atoms with Crippen LogP contribution in [0, 0.1) is 0 Å². The van der Waals surface area contributed by atoms with Gasteiger partial charge in [-0.2, -0.15) is 8.78 Å². The van der Waals surface area contributed by atoms with Crippen LogP contribution in [0.15, 0.2) is 24.3 Å². The maximum atomic E-state index is 13.8. The van der Waals surface area contributed by atoms with E-state index in [-0.39, 0.29) is 12.5 Å². The van der Waals surface area contributed by atoms with E-state index < -0.39 is 17.5 Å². The number of hydrogen-bond donors (Lipinski definition) is 0. The van der Waals surface area contributed by atoms with E-state index in [1.165, 1.54) is 19.1 Å². The summed E-state index contributed by atoms with van der Waals surface area (Å²) < 4.78 is 31.9. The quantitative estimate of drug-likeness (QED) is 0.797. The fraction of sp³-hybridized carbons (Fsp3) is 0.429. The van der Waals surface area contributed by atoms with Crippen LogP contribution in [-0.2, 0) is 20.2 Å². The molecular weight excluding hydrogens is 268 g/mol. The minimum absolute atomic E-state index is 0.0186. The van der Waals surface area contributed by atoms with E-state index in [4.69, 9.17) is 0 Å². The highest BCUT2D eigenvalue weighted by atomic mass is 19.3. The maximum absolute atomic E-state index is 13.8. The molecule has 1 aliphatic heterocycles. The number of benzene rings is 1. The van der Waals surface area contributed by atoms with Crippen molar-refractivity contribution >= 4 is 17.6 Å². The standard InChI is InChI=1S/C14H15F2NO3/c1-2-20-13(19)14(15,16)10-5-7-11(8-6-10)17-9-3-4-12(17)18/h5-8H,2-4,9H2,1H3. The van der Waals surface area contributed by atoms with Gasteiger partial charge in [-0.05, 0) is 25.5 Å². The SMILES string of the molecule is CCOC(=O)C(F)(F)c1ccc(N2CCCC2=O)cc1. The molecule has 0 aromatic heterocycles. The highest BCUT2D eigenvalue weighted by Gasteiger charge is 2.42. The van der Waals surface area contributed by atoms with Gasteiger partial charge in [0.15, 0.2) is 0 Å². The van der Waals surface area contributed by atoms with Crippen LogP contribution in [0.4, 0.5) is 14.5 Å². The summed E-state index contributed by atoms with van der Waals surface area (Å²) in [7, 11) is 0. The van der Waals surface area contributed by atoms with Crippen molar-refractivity contribution in [2.24, 2.45) is 0 Å². The molecule has 0 saturated carbocycles. The Kier molecular flexibility index (Phi) is 4.01. The van der Waals surface area contributed by atoms with E-state index in [0.29, 0.717) is 18.7 Å². The summed E-state index contributed by atoms with van der Waals surface area (Å²) in [5, 5.41) is 0. The Labute approximate surface area is 115 Å². The molecule has 20 heavy (non-hydrogen) atoms. The van der Waals surface area contributed by atoms with E-state index in [9.17, 15) is 18.4 Å². The maximum Gasteiger partial charge on any atom is 0.381 e. The number of rotatable bonds is 4. The first-order valence-corrected chi connectivity index (χ1v) is 6.42. The third kappa shape index (κ3) is 2.64. The van der Waals surface area contributed by atoms with Crippen LogP contribution in [0.2, 0.25) is 0 Å². The van der Waals surface area contributed by atoms with Crippen molar-refractivity contribution < 1.29 is 23.1 Å². The molecule has 6 heteroatoms. The zero-order valence-corrected chi connectivity index (χ0v) is 11.1. The fourth-order valence-electron chi connectivity index (χ4n) is 2.11. The van der Waals surface area contributed by atoms with E-state index >= 15 is 0 Å². The molecule has 1 saturated heterocycles. The molecule has 1 aliphatic rings. The van der Waals surface area contributed by atoms with Crippen molar-refractivity contribution in [3.63, 3.8) is 0 Å². The largest absolute Gasteiger partial charge is 0.461 e. The lowest BCUT2D eigenvalue weighted by Crippen LogP contribution is -2.28. The number of ether oxygens (including phenoxy) is 1. The molecule has 1 aromatic rings. The van der Waals surface area contributed by atoms with E-state index in [2.05, 4.69) is 4.74 Å². The Bertz CT molecular complexity index is 514. The molecule has 0 atom stereocenters. The lowest BCUT2D eigenvalue weighted by Gasteiger charge is -2.18. The summed E-state index contributed by atoms with van der Waals surface area (Å²) in [6.07, 6.45) is 1.24. The van der Waals surface area contributed by atoms with Crippen LogP contribution in [0.25, 0.3) is 0 Å². The smallest absolute Gasteiger partial charge is 0.381 e. The van der Waals surface area contributed by atoms with E-state index in [0.717, 1.165) is 18.6 Å². The molecule has 0 N–H and O–H groups in total. The second kappa shape index (κ2) is 5.56. The van der Waals surface area contributed by atoms with Gasteiger partial charge in [0.2, 0.25) is 5.91 Å². The van der Waals surface area contributed by atoms with Crippen molar-refractivity contribution in [2.75, 3.05) is 18.1 Å². The van der Waals surface area contributed by atoms with Crippen LogP contribution < -0.4 is 4.90 Å². The van der Waals surface area contributed by atoms with Crippen LogP contribution in [-0.4, -0.2) is 25.0 Å². The summed E-state index contributed by atoms with van der Waals surface area (Å²) in [4.78, 5) is 24.3. The second-order valence-corrected chi connectivity index (χ2v) is 4.49. The Morgan fingerprint density at radius 2 is 2.00 bits per heavy atom. The third-order valence-electron chi connectivity index (χ3n) is 3.15. The second-order valence-electron chi connectivity index (χ2n) is 4.49. The molecular formula is C14H15F2NO3. The Morgan fingerprint density at radius 3 is 2.50 bits per heavy atom. The molecule has 0 radical (unpaired) electrons. The van der Waals surface area contributed by atoms with Gasteiger partial charge in [-0.1, -0.05) is 12.1 Å². The number of nitrogens with zero attached hydrogens (tertiary/aromatic N) is 1. The van der Waals surface area contributed by atoms with Gasteiger partial charge < -0.3 is 9.64 Å². The molecule has 0 bridgehead atoms. The number of esters is 1. The lowest BCUT2D eigenvalue weighted by molar-refractivity contribution is -0.173. The molecule has 1 fully saturated rings. The highest BCUT2D eigenvalue weighted by molar-refractivity contribution is 5.95. The molecule has 108 valence electrons. The number of alkyl halides is 2. The zero-order chi connectivity index (χ0) is 14.8. The highest BCUT2D eigenvalue weighted by Crippen LogP contribution is 2.31. The molecule has 1 heterocycles. The van der Waals surface area contributed by atoms with E-state index in [1.807, 2.05) is 0 Å². The van der Waals surface area contributed by atoms with Crippen LogP contribution >= 0.6 is 0 Å². The Morgan fingerprint density at radius 1 is 1.35 bits per heavy atom. The monoisotopic (exact) mass is 283 g/mol. The van der Waals surface area contributed by atoms with Gasteiger partial charge in [-0.15, -0.1) is 0 Å².